The summed E-state index contributed by atoms with van der Waals surface area (Å²) in [5, 5.41) is 6.29. The maximum absolute atomic E-state index is 12.9. The minimum atomic E-state index is -0.814. The number of rotatable bonds is 8. The van der Waals surface area contributed by atoms with E-state index in [2.05, 4.69) is 15.8 Å². The molecule has 7 heteroatoms. The lowest BCUT2D eigenvalue weighted by atomic mass is 10.2. The van der Waals surface area contributed by atoms with Crippen LogP contribution in [-0.2, 0) is 16.2 Å². The van der Waals surface area contributed by atoms with Crippen LogP contribution in [0.1, 0.15) is 30.9 Å². The summed E-state index contributed by atoms with van der Waals surface area (Å²) in [5.74, 6) is -1.21. The summed E-state index contributed by atoms with van der Waals surface area (Å²) in [7, 11) is 0. The van der Waals surface area contributed by atoms with E-state index in [0.717, 1.165) is 18.4 Å². The Balaban J connectivity index is 1.83. The standard InChI is InChI=1S/C20H22FN3O3/c1-2-3-11-22-19(25)20(26)24-23-13-16-5-4-6-18(12-16)27-14-15-7-9-17(21)10-8-15/h4-10,12-13H,2-3,11,14H2,1H3,(H,22,25)(H,24,26)/b23-13-. The maximum atomic E-state index is 12.9. The monoisotopic (exact) mass is 371 g/mol. The van der Waals surface area contributed by atoms with Crippen molar-refractivity contribution in [1.82, 2.24) is 10.7 Å². The number of unbranched alkanes of at least 4 members (excludes halogenated alkanes) is 1. The molecule has 0 fully saturated rings. The maximum Gasteiger partial charge on any atom is 0.329 e. The number of hydrazone groups is 1. The molecule has 2 N–H and O–H groups in total. The zero-order chi connectivity index (χ0) is 19.5. The third-order valence-electron chi connectivity index (χ3n) is 3.58. The third kappa shape index (κ3) is 7.27. The summed E-state index contributed by atoms with van der Waals surface area (Å²) >= 11 is 0. The second-order valence-electron chi connectivity index (χ2n) is 5.80. The Kier molecular flexibility index (Phi) is 7.96. The normalized spacial score (nSPS) is 10.6. The SMILES string of the molecule is CCCCNC(=O)C(=O)N/N=C\c1cccc(OCc2ccc(F)cc2)c1. The lowest BCUT2D eigenvalue weighted by Gasteiger charge is -2.07. The van der Waals surface area contributed by atoms with Gasteiger partial charge in [-0.05, 0) is 41.8 Å². The Labute approximate surface area is 157 Å². The van der Waals surface area contributed by atoms with E-state index < -0.39 is 11.8 Å². The van der Waals surface area contributed by atoms with Gasteiger partial charge in [0.2, 0.25) is 0 Å². The van der Waals surface area contributed by atoms with Gasteiger partial charge in [-0.3, -0.25) is 9.59 Å². The first-order chi connectivity index (χ1) is 13.1. The van der Waals surface area contributed by atoms with Crippen molar-refractivity contribution in [1.29, 1.82) is 0 Å². The van der Waals surface area contributed by atoms with E-state index in [-0.39, 0.29) is 5.82 Å². The first-order valence-electron chi connectivity index (χ1n) is 8.67. The minimum absolute atomic E-state index is 0.293. The number of benzene rings is 2. The topological polar surface area (TPSA) is 79.8 Å². The van der Waals surface area contributed by atoms with Crippen molar-refractivity contribution in [2.45, 2.75) is 26.4 Å². The van der Waals surface area contributed by atoms with Crippen LogP contribution in [0.3, 0.4) is 0 Å². The van der Waals surface area contributed by atoms with Gasteiger partial charge >= 0.3 is 11.8 Å². The molecule has 0 saturated carbocycles. The first kappa shape index (κ1) is 20.1. The van der Waals surface area contributed by atoms with Gasteiger partial charge in [0.25, 0.3) is 0 Å². The summed E-state index contributed by atoms with van der Waals surface area (Å²) in [6.45, 7) is 2.75. The van der Waals surface area contributed by atoms with Crippen LogP contribution in [-0.4, -0.2) is 24.6 Å². The van der Waals surface area contributed by atoms with Crippen molar-refractivity contribution in [2.24, 2.45) is 5.10 Å². The quantitative estimate of drug-likeness (QED) is 0.324. The number of carbonyl (C=O) groups is 2. The molecule has 0 radical (unpaired) electrons. The molecule has 2 amide bonds. The lowest BCUT2D eigenvalue weighted by molar-refractivity contribution is -0.139. The van der Waals surface area contributed by atoms with Gasteiger partial charge in [0.05, 0.1) is 6.21 Å². The van der Waals surface area contributed by atoms with E-state index in [1.165, 1.54) is 18.3 Å². The number of amides is 2. The van der Waals surface area contributed by atoms with Crippen LogP contribution >= 0.6 is 0 Å². The highest BCUT2D eigenvalue weighted by atomic mass is 19.1. The largest absolute Gasteiger partial charge is 0.489 e. The predicted molar refractivity (Wildman–Crippen MR) is 101 cm³/mol. The average Bonchev–Trinajstić information content (AvgIpc) is 2.68. The van der Waals surface area contributed by atoms with Gasteiger partial charge in [0.1, 0.15) is 18.2 Å². The smallest absolute Gasteiger partial charge is 0.329 e. The molecule has 0 aromatic heterocycles. The Bertz CT molecular complexity index is 791. The molecule has 27 heavy (non-hydrogen) atoms. The first-order valence-corrected chi connectivity index (χ1v) is 8.67. The lowest BCUT2D eigenvalue weighted by Crippen LogP contribution is -2.38. The van der Waals surface area contributed by atoms with Gasteiger partial charge in [0.15, 0.2) is 0 Å². The summed E-state index contributed by atoms with van der Waals surface area (Å²) in [4.78, 5) is 23.1. The number of hydrogen-bond donors (Lipinski definition) is 2. The van der Waals surface area contributed by atoms with Crippen LogP contribution in [0.15, 0.2) is 53.6 Å². The highest BCUT2D eigenvalue weighted by Crippen LogP contribution is 2.14. The molecule has 2 aromatic carbocycles. The molecule has 6 nitrogen and oxygen atoms in total. The number of hydrogen-bond acceptors (Lipinski definition) is 4. The zero-order valence-electron chi connectivity index (χ0n) is 15.1. The van der Waals surface area contributed by atoms with E-state index in [1.54, 1.807) is 36.4 Å². The van der Waals surface area contributed by atoms with Crippen molar-refractivity contribution in [3.8, 4) is 5.75 Å². The molecule has 0 bridgehead atoms. The molecular formula is C20H22FN3O3. The molecule has 0 aliphatic carbocycles. The van der Waals surface area contributed by atoms with Crippen molar-refractivity contribution >= 4 is 18.0 Å². The van der Waals surface area contributed by atoms with Crippen LogP contribution in [0.4, 0.5) is 4.39 Å². The van der Waals surface area contributed by atoms with E-state index in [0.29, 0.717) is 24.5 Å². The Hall–Kier alpha value is -3.22. The van der Waals surface area contributed by atoms with Crippen molar-refractivity contribution < 1.29 is 18.7 Å². The number of nitrogens with zero attached hydrogens (tertiary/aromatic N) is 1. The van der Waals surface area contributed by atoms with Crippen LogP contribution in [0.25, 0.3) is 0 Å². The fraction of sp³-hybridized carbons (Fsp3) is 0.250. The van der Waals surface area contributed by atoms with Crippen LogP contribution < -0.4 is 15.5 Å². The van der Waals surface area contributed by atoms with Crippen LogP contribution in [0, 0.1) is 5.82 Å². The van der Waals surface area contributed by atoms with Crippen molar-refractivity contribution in [3.05, 3.63) is 65.5 Å². The van der Waals surface area contributed by atoms with E-state index in [4.69, 9.17) is 4.74 Å². The molecule has 0 aliphatic rings. The minimum Gasteiger partial charge on any atom is -0.489 e. The van der Waals surface area contributed by atoms with Gasteiger partial charge in [-0.2, -0.15) is 5.10 Å². The predicted octanol–water partition coefficient (Wildman–Crippen LogP) is 2.77. The molecule has 0 aliphatic heterocycles. The molecule has 2 aromatic rings. The Morgan fingerprint density at radius 3 is 2.67 bits per heavy atom. The number of ether oxygens (including phenoxy) is 1. The summed E-state index contributed by atoms with van der Waals surface area (Å²) in [6, 6.07) is 13.1. The van der Waals surface area contributed by atoms with Gasteiger partial charge < -0.3 is 10.1 Å². The van der Waals surface area contributed by atoms with Crippen LogP contribution in [0.2, 0.25) is 0 Å². The van der Waals surface area contributed by atoms with Crippen molar-refractivity contribution in [3.63, 3.8) is 0 Å². The summed E-state index contributed by atoms with van der Waals surface area (Å²) in [5.41, 5.74) is 3.72. The molecule has 0 heterocycles. The molecule has 0 saturated heterocycles. The van der Waals surface area contributed by atoms with E-state index in [1.807, 2.05) is 6.92 Å². The fourth-order valence-corrected chi connectivity index (χ4v) is 2.11. The van der Waals surface area contributed by atoms with E-state index in [9.17, 15) is 14.0 Å². The molecule has 0 spiro atoms. The Morgan fingerprint density at radius 2 is 1.93 bits per heavy atom. The highest BCUT2D eigenvalue weighted by molar-refractivity contribution is 6.35. The number of halogens is 1. The van der Waals surface area contributed by atoms with Gasteiger partial charge in [-0.1, -0.05) is 37.6 Å². The number of nitrogens with one attached hydrogen (secondary N) is 2. The average molecular weight is 371 g/mol. The second kappa shape index (κ2) is 10.7. The highest BCUT2D eigenvalue weighted by Gasteiger charge is 2.10. The second-order valence-corrected chi connectivity index (χ2v) is 5.80. The van der Waals surface area contributed by atoms with E-state index >= 15 is 0 Å². The summed E-state index contributed by atoms with van der Waals surface area (Å²) < 4.78 is 18.6. The van der Waals surface area contributed by atoms with Crippen molar-refractivity contribution in [2.75, 3.05) is 6.54 Å². The molecular weight excluding hydrogens is 349 g/mol. The van der Waals surface area contributed by atoms with Gasteiger partial charge in [-0.25, -0.2) is 9.82 Å². The third-order valence-corrected chi connectivity index (χ3v) is 3.58. The summed E-state index contributed by atoms with van der Waals surface area (Å²) in [6.07, 6.45) is 3.16. The fourth-order valence-electron chi connectivity index (χ4n) is 2.11. The zero-order valence-corrected chi connectivity index (χ0v) is 15.1. The molecule has 2 rings (SSSR count). The van der Waals surface area contributed by atoms with Crippen LogP contribution in [0.5, 0.6) is 5.75 Å². The molecule has 142 valence electrons. The molecule has 0 atom stereocenters. The Morgan fingerprint density at radius 1 is 1.15 bits per heavy atom. The molecule has 0 unspecified atom stereocenters. The van der Waals surface area contributed by atoms with Gasteiger partial charge in [0, 0.05) is 6.54 Å². The number of carbonyl (C=O) groups excluding carboxylic acids is 2. The van der Waals surface area contributed by atoms with Gasteiger partial charge in [-0.15, -0.1) is 0 Å².